The molecule has 0 aliphatic carbocycles. The van der Waals surface area contributed by atoms with Gasteiger partial charge in [0.1, 0.15) is 5.82 Å². The number of likely N-dealkylation sites (N-methyl/N-ethyl adjacent to an activating group) is 1. The maximum absolute atomic E-state index is 4.48. The van der Waals surface area contributed by atoms with Crippen LogP contribution in [0.2, 0.25) is 0 Å². The molecule has 0 bridgehead atoms. The molecule has 0 spiro atoms. The molecule has 0 radical (unpaired) electrons. The number of rotatable bonds is 6. The molecule has 0 saturated carbocycles. The van der Waals surface area contributed by atoms with E-state index in [2.05, 4.69) is 40.3 Å². The van der Waals surface area contributed by atoms with Gasteiger partial charge in [-0.15, -0.1) is 0 Å². The molecule has 0 aliphatic heterocycles. The molecular weight excluding hydrogens is 226 g/mol. The molecule has 2 aromatic rings. The molecule has 1 unspecified atom stereocenters. The Morgan fingerprint density at radius 1 is 1.44 bits per heavy atom. The molecule has 0 saturated heterocycles. The lowest BCUT2D eigenvalue weighted by atomic mass is 10.1. The third-order valence-corrected chi connectivity index (χ3v) is 3.10. The Balaban J connectivity index is 2.15. The van der Waals surface area contributed by atoms with Gasteiger partial charge in [-0.05, 0) is 19.0 Å². The van der Waals surface area contributed by atoms with Crippen LogP contribution >= 0.6 is 0 Å². The predicted octanol–water partition coefficient (Wildman–Crippen LogP) is 1.60. The van der Waals surface area contributed by atoms with Gasteiger partial charge in [-0.1, -0.05) is 13.8 Å². The van der Waals surface area contributed by atoms with Gasteiger partial charge in [0.15, 0.2) is 0 Å². The summed E-state index contributed by atoms with van der Waals surface area (Å²) in [4.78, 5) is 7.52. The highest BCUT2D eigenvalue weighted by Crippen LogP contribution is 2.15. The number of H-pyrrole nitrogens is 1. The molecule has 2 rings (SSSR count). The zero-order valence-corrected chi connectivity index (χ0v) is 11.3. The number of aromatic amines is 1. The largest absolute Gasteiger partial charge is 0.347 e. The maximum atomic E-state index is 4.48. The van der Waals surface area contributed by atoms with Crippen molar-refractivity contribution >= 4 is 0 Å². The van der Waals surface area contributed by atoms with Crippen LogP contribution in [0.4, 0.5) is 0 Å². The van der Waals surface area contributed by atoms with Crippen molar-refractivity contribution in [1.29, 1.82) is 0 Å². The molecule has 0 aliphatic rings. The molecule has 2 aromatic heterocycles. The molecule has 2 N–H and O–H groups in total. The van der Waals surface area contributed by atoms with Crippen LogP contribution in [0.15, 0.2) is 18.5 Å². The molecule has 2 heterocycles. The molecule has 5 heteroatoms. The van der Waals surface area contributed by atoms with Crippen molar-refractivity contribution in [1.82, 2.24) is 25.1 Å². The van der Waals surface area contributed by atoms with E-state index in [1.54, 1.807) is 6.20 Å². The van der Waals surface area contributed by atoms with Crippen molar-refractivity contribution in [2.75, 3.05) is 6.54 Å². The van der Waals surface area contributed by atoms with Crippen LogP contribution in [0.3, 0.4) is 0 Å². The van der Waals surface area contributed by atoms with Gasteiger partial charge in [0.05, 0.1) is 11.7 Å². The fourth-order valence-corrected chi connectivity index (χ4v) is 2.12. The second kappa shape index (κ2) is 5.82. The Morgan fingerprint density at radius 3 is 2.83 bits per heavy atom. The Labute approximate surface area is 108 Å². The summed E-state index contributed by atoms with van der Waals surface area (Å²) >= 11 is 0. The van der Waals surface area contributed by atoms with Crippen LogP contribution in [0, 0.1) is 0 Å². The smallest absolute Gasteiger partial charge is 0.123 e. The Bertz CT molecular complexity index is 472. The van der Waals surface area contributed by atoms with Crippen molar-refractivity contribution < 1.29 is 0 Å². The Morgan fingerprint density at radius 2 is 2.28 bits per heavy atom. The fourth-order valence-electron chi connectivity index (χ4n) is 2.12. The zero-order valence-electron chi connectivity index (χ0n) is 11.3. The van der Waals surface area contributed by atoms with Gasteiger partial charge >= 0.3 is 0 Å². The van der Waals surface area contributed by atoms with Crippen molar-refractivity contribution in [3.8, 4) is 0 Å². The van der Waals surface area contributed by atoms with Crippen molar-refractivity contribution in [2.45, 2.75) is 32.7 Å². The first-order chi connectivity index (χ1) is 8.74. The summed E-state index contributed by atoms with van der Waals surface area (Å²) < 4.78 is 1.96. The molecule has 0 aromatic carbocycles. The van der Waals surface area contributed by atoms with Gasteiger partial charge < -0.3 is 10.3 Å². The highest BCUT2D eigenvalue weighted by Gasteiger charge is 2.16. The van der Waals surface area contributed by atoms with Crippen molar-refractivity contribution in [3.63, 3.8) is 0 Å². The number of nitrogens with one attached hydrogen (secondary N) is 2. The van der Waals surface area contributed by atoms with Crippen LogP contribution in [0.1, 0.15) is 37.1 Å². The van der Waals surface area contributed by atoms with E-state index in [-0.39, 0.29) is 6.04 Å². The fraction of sp³-hybridized carbons (Fsp3) is 0.538. The monoisotopic (exact) mass is 247 g/mol. The van der Waals surface area contributed by atoms with Crippen LogP contribution in [0.25, 0.3) is 0 Å². The third-order valence-electron chi connectivity index (χ3n) is 3.10. The van der Waals surface area contributed by atoms with E-state index in [4.69, 9.17) is 0 Å². The van der Waals surface area contributed by atoms with E-state index in [1.807, 2.05) is 17.9 Å². The Kier molecular flexibility index (Phi) is 4.15. The lowest BCUT2D eigenvalue weighted by Gasteiger charge is -2.15. The van der Waals surface area contributed by atoms with Crippen molar-refractivity contribution in [3.05, 3.63) is 35.7 Å². The standard InChI is InChI=1S/C13H21N5/c1-4-10-8-11(18(3)17-10)9-12(14-5-2)13-15-6-7-16-13/h6-8,12,14H,4-5,9H2,1-3H3,(H,15,16). The van der Waals surface area contributed by atoms with Crippen LogP contribution in [-0.2, 0) is 19.9 Å². The molecular formula is C13H21N5. The summed E-state index contributed by atoms with van der Waals surface area (Å²) in [6, 6.07) is 2.39. The minimum atomic E-state index is 0.213. The SMILES string of the molecule is CCNC(Cc1cc(CC)nn1C)c1ncc[nH]1. The second-order valence-electron chi connectivity index (χ2n) is 4.39. The minimum Gasteiger partial charge on any atom is -0.347 e. The maximum Gasteiger partial charge on any atom is 0.123 e. The van der Waals surface area contributed by atoms with E-state index < -0.39 is 0 Å². The first-order valence-corrected chi connectivity index (χ1v) is 6.49. The summed E-state index contributed by atoms with van der Waals surface area (Å²) in [7, 11) is 2.00. The summed E-state index contributed by atoms with van der Waals surface area (Å²) in [5, 5.41) is 7.94. The van der Waals surface area contributed by atoms with Gasteiger partial charge in [0.2, 0.25) is 0 Å². The topological polar surface area (TPSA) is 58.5 Å². The normalized spacial score (nSPS) is 12.8. The average Bonchev–Trinajstić information content (AvgIpc) is 2.99. The lowest BCUT2D eigenvalue weighted by Crippen LogP contribution is -2.24. The third kappa shape index (κ3) is 2.79. The van der Waals surface area contributed by atoms with Gasteiger partial charge in [-0.3, -0.25) is 4.68 Å². The number of nitrogens with zero attached hydrogens (tertiary/aromatic N) is 3. The zero-order chi connectivity index (χ0) is 13.0. The predicted molar refractivity (Wildman–Crippen MR) is 71.3 cm³/mol. The van der Waals surface area contributed by atoms with Gasteiger partial charge in [0.25, 0.3) is 0 Å². The molecule has 0 fully saturated rings. The summed E-state index contributed by atoms with van der Waals surface area (Å²) in [5.41, 5.74) is 2.37. The van der Waals surface area contributed by atoms with E-state index in [9.17, 15) is 0 Å². The quantitative estimate of drug-likeness (QED) is 0.815. The highest BCUT2D eigenvalue weighted by atomic mass is 15.3. The minimum absolute atomic E-state index is 0.213. The summed E-state index contributed by atoms with van der Waals surface area (Å²) in [5.74, 6) is 0.982. The van der Waals surface area contributed by atoms with Gasteiger partial charge in [-0.2, -0.15) is 5.10 Å². The van der Waals surface area contributed by atoms with E-state index >= 15 is 0 Å². The van der Waals surface area contributed by atoms with E-state index in [0.717, 1.165) is 30.9 Å². The number of hydrogen-bond acceptors (Lipinski definition) is 3. The first-order valence-electron chi connectivity index (χ1n) is 6.49. The molecule has 0 amide bonds. The van der Waals surface area contributed by atoms with Crippen LogP contribution < -0.4 is 5.32 Å². The number of aryl methyl sites for hydroxylation is 2. The second-order valence-corrected chi connectivity index (χ2v) is 4.39. The summed E-state index contributed by atoms with van der Waals surface area (Å²) in [6.07, 6.45) is 5.52. The number of imidazole rings is 1. The number of hydrogen-bond donors (Lipinski definition) is 2. The molecule has 1 atom stereocenters. The van der Waals surface area contributed by atoms with Crippen LogP contribution in [-0.4, -0.2) is 26.3 Å². The van der Waals surface area contributed by atoms with E-state index in [1.165, 1.54) is 5.69 Å². The van der Waals surface area contributed by atoms with E-state index in [0.29, 0.717) is 0 Å². The number of aromatic nitrogens is 4. The first kappa shape index (κ1) is 12.8. The van der Waals surface area contributed by atoms with Crippen LogP contribution in [0.5, 0.6) is 0 Å². The summed E-state index contributed by atoms with van der Waals surface area (Å²) in [6.45, 7) is 5.15. The van der Waals surface area contributed by atoms with Gasteiger partial charge in [-0.25, -0.2) is 4.98 Å². The van der Waals surface area contributed by atoms with Gasteiger partial charge in [0, 0.05) is 31.6 Å². The molecule has 5 nitrogen and oxygen atoms in total. The Hall–Kier alpha value is -1.62. The highest BCUT2D eigenvalue weighted by molar-refractivity contribution is 5.13. The molecule has 18 heavy (non-hydrogen) atoms. The van der Waals surface area contributed by atoms with Crippen molar-refractivity contribution in [2.24, 2.45) is 7.05 Å². The lowest BCUT2D eigenvalue weighted by molar-refractivity contribution is 0.508. The average molecular weight is 247 g/mol. The molecule has 98 valence electrons.